The van der Waals surface area contributed by atoms with Gasteiger partial charge in [0.05, 0.1) is 11.1 Å². The van der Waals surface area contributed by atoms with Gasteiger partial charge in [0.15, 0.2) is 0 Å². The van der Waals surface area contributed by atoms with E-state index >= 15 is 0 Å². The monoisotopic (exact) mass is 375 g/mol. The van der Waals surface area contributed by atoms with Crippen molar-refractivity contribution in [3.05, 3.63) is 59.7 Å². The highest BCUT2D eigenvalue weighted by molar-refractivity contribution is 6.00. The van der Waals surface area contributed by atoms with Gasteiger partial charge in [0.25, 0.3) is 11.8 Å². The number of hydrogen-bond acceptors (Lipinski definition) is 4. The Labute approximate surface area is 165 Å². The molecule has 28 heavy (non-hydrogen) atoms. The van der Waals surface area contributed by atoms with Crippen LogP contribution in [0.2, 0.25) is 0 Å². The van der Waals surface area contributed by atoms with Gasteiger partial charge < -0.3 is 9.42 Å². The predicted octanol–water partition coefficient (Wildman–Crippen LogP) is 5.12. The first kappa shape index (κ1) is 18.4. The first-order valence-electron chi connectivity index (χ1n) is 9.98. The van der Waals surface area contributed by atoms with Crippen molar-refractivity contribution in [3.8, 4) is 22.8 Å². The molecule has 0 spiro atoms. The lowest BCUT2D eigenvalue weighted by atomic mass is 9.97. The van der Waals surface area contributed by atoms with Crippen molar-refractivity contribution in [2.24, 2.45) is 0 Å². The number of aromatic nitrogens is 2. The normalized spacial score (nSPS) is 16.9. The van der Waals surface area contributed by atoms with Crippen LogP contribution in [-0.2, 0) is 0 Å². The molecule has 1 aromatic heterocycles. The van der Waals surface area contributed by atoms with E-state index in [2.05, 4.69) is 17.1 Å². The molecule has 0 radical (unpaired) electrons. The second-order valence-electron chi connectivity index (χ2n) is 7.39. The van der Waals surface area contributed by atoms with Crippen molar-refractivity contribution in [1.82, 2.24) is 15.0 Å². The fraction of sp³-hybridized carbons (Fsp3) is 0.348. The van der Waals surface area contributed by atoms with E-state index in [9.17, 15) is 4.79 Å². The summed E-state index contributed by atoms with van der Waals surface area (Å²) in [6, 6.07) is 15.8. The molecule has 4 rings (SSSR count). The molecule has 5 nitrogen and oxygen atoms in total. The van der Waals surface area contributed by atoms with E-state index < -0.39 is 0 Å². The van der Waals surface area contributed by atoms with Crippen molar-refractivity contribution in [2.75, 3.05) is 6.54 Å². The number of rotatable bonds is 4. The molecule has 144 valence electrons. The minimum Gasteiger partial charge on any atom is -0.336 e. The lowest BCUT2D eigenvalue weighted by Crippen LogP contribution is -2.43. The van der Waals surface area contributed by atoms with E-state index in [1.165, 1.54) is 6.42 Å². The molecule has 1 saturated heterocycles. The molecule has 1 aliphatic rings. The minimum absolute atomic E-state index is 0.0532. The second-order valence-corrected chi connectivity index (χ2v) is 7.39. The Morgan fingerprint density at radius 3 is 2.86 bits per heavy atom. The number of benzene rings is 2. The number of carbonyl (C=O) groups is 1. The van der Waals surface area contributed by atoms with Crippen molar-refractivity contribution >= 4 is 5.91 Å². The van der Waals surface area contributed by atoms with Crippen molar-refractivity contribution < 1.29 is 9.32 Å². The Bertz CT molecular complexity index is 979. The summed E-state index contributed by atoms with van der Waals surface area (Å²) in [6.07, 6.45) is 4.30. The fourth-order valence-corrected chi connectivity index (χ4v) is 3.94. The lowest BCUT2D eigenvalue weighted by Gasteiger charge is -2.35. The Hall–Kier alpha value is -2.95. The highest BCUT2D eigenvalue weighted by Gasteiger charge is 2.28. The van der Waals surface area contributed by atoms with Crippen LogP contribution in [0.3, 0.4) is 0 Å². The largest absolute Gasteiger partial charge is 0.336 e. The van der Waals surface area contributed by atoms with Crippen LogP contribution in [0.15, 0.2) is 53.1 Å². The summed E-state index contributed by atoms with van der Waals surface area (Å²) in [5, 5.41) is 4.14. The maximum atomic E-state index is 13.3. The third kappa shape index (κ3) is 3.57. The van der Waals surface area contributed by atoms with Gasteiger partial charge in [-0.15, -0.1) is 0 Å². The van der Waals surface area contributed by atoms with Gasteiger partial charge >= 0.3 is 0 Å². The van der Waals surface area contributed by atoms with E-state index in [0.717, 1.165) is 36.9 Å². The number of likely N-dealkylation sites (tertiary alicyclic amines) is 1. The predicted molar refractivity (Wildman–Crippen MR) is 109 cm³/mol. The third-order valence-electron chi connectivity index (χ3n) is 5.45. The summed E-state index contributed by atoms with van der Waals surface area (Å²) in [6.45, 7) is 4.99. The number of amides is 1. The summed E-state index contributed by atoms with van der Waals surface area (Å²) >= 11 is 0. The molecule has 1 atom stereocenters. The molecule has 1 fully saturated rings. The highest BCUT2D eigenvalue weighted by Crippen LogP contribution is 2.29. The molecular weight excluding hydrogens is 350 g/mol. The van der Waals surface area contributed by atoms with Gasteiger partial charge in [0.2, 0.25) is 5.82 Å². The summed E-state index contributed by atoms with van der Waals surface area (Å²) in [7, 11) is 0. The van der Waals surface area contributed by atoms with Crippen LogP contribution < -0.4 is 0 Å². The fourth-order valence-electron chi connectivity index (χ4n) is 3.94. The maximum Gasteiger partial charge on any atom is 0.259 e. The van der Waals surface area contributed by atoms with E-state index in [-0.39, 0.29) is 5.91 Å². The molecule has 0 N–H and O–H groups in total. The maximum absolute atomic E-state index is 13.3. The van der Waals surface area contributed by atoms with Gasteiger partial charge in [0, 0.05) is 18.2 Å². The quantitative estimate of drug-likeness (QED) is 0.635. The standard InChI is InChI=1S/C23H25N3O2/c1-3-18-11-6-7-14-26(18)23(27)20-13-5-4-12-19(20)22-24-21(25-28-22)17-10-8-9-16(2)15-17/h4-5,8-10,12-13,15,18H,3,6-7,11,14H2,1-2H3/t18-/m0/s1. The van der Waals surface area contributed by atoms with E-state index in [1.807, 2.05) is 60.4 Å². The number of carbonyl (C=O) groups excluding carboxylic acids is 1. The SMILES string of the molecule is CC[C@H]1CCCCN1C(=O)c1ccccc1-c1nc(-c2cccc(C)c2)no1. The van der Waals surface area contributed by atoms with Gasteiger partial charge in [-0.2, -0.15) is 4.98 Å². The average Bonchev–Trinajstić information content (AvgIpc) is 3.23. The molecule has 0 unspecified atom stereocenters. The molecule has 1 aliphatic heterocycles. The molecule has 2 heterocycles. The number of aryl methyl sites for hydroxylation is 1. The van der Waals surface area contributed by atoms with Gasteiger partial charge in [-0.25, -0.2) is 0 Å². The molecule has 5 heteroatoms. The highest BCUT2D eigenvalue weighted by atomic mass is 16.5. The molecule has 3 aromatic rings. The molecule has 1 amide bonds. The zero-order valence-corrected chi connectivity index (χ0v) is 16.4. The number of piperidine rings is 1. The number of nitrogens with zero attached hydrogens (tertiary/aromatic N) is 3. The Morgan fingerprint density at radius 1 is 1.18 bits per heavy atom. The van der Waals surface area contributed by atoms with E-state index in [1.54, 1.807) is 0 Å². The zero-order chi connectivity index (χ0) is 19.5. The van der Waals surface area contributed by atoms with Gasteiger partial charge in [-0.1, -0.05) is 48.0 Å². The second kappa shape index (κ2) is 7.97. The van der Waals surface area contributed by atoms with E-state index in [0.29, 0.717) is 28.9 Å². The summed E-state index contributed by atoms with van der Waals surface area (Å²) in [5.74, 6) is 0.966. The third-order valence-corrected chi connectivity index (χ3v) is 5.45. The minimum atomic E-state index is 0.0532. The first-order chi connectivity index (χ1) is 13.7. The molecule has 2 aromatic carbocycles. The lowest BCUT2D eigenvalue weighted by molar-refractivity contribution is 0.0608. The molecule has 0 aliphatic carbocycles. The molecule has 0 bridgehead atoms. The summed E-state index contributed by atoms with van der Waals surface area (Å²) in [4.78, 5) is 19.9. The van der Waals surface area contributed by atoms with Crippen LogP contribution in [0.1, 0.15) is 48.5 Å². The summed E-state index contributed by atoms with van der Waals surface area (Å²) in [5.41, 5.74) is 3.36. The van der Waals surface area contributed by atoms with Gasteiger partial charge in [0.1, 0.15) is 0 Å². The van der Waals surface area contributed by atoms with Crippen LogP contribution in [0.5, 0.6) is 0 Å². The topological polar surface area (TPSA) is 59.2 Å². The van der Waals surface area contributed by atoms with Crippen molar-refractivity contribution in [1.29, 1.82) is 0 Å². The van der Waals surface area contributed by atoms with Crippen LogP contribution in [0.4, 0.5) is 0 Å². The Balaban J connectivity index is 1.68. The zero-order valence-electron chi connectivity index (χ0n) is 16.4. The van der Waals surface area contributed by atoms with Crippen LogP contribution in [-0.4, -0.2) is 33.5 Å². The Kier molecular flexibility index (Phi) is 5.24. The summed E-state index contributed by atoms with van der Waals surface area (Å²) < 4.78 is 5.54. The smallest absolute Gasteiger partial charge is 0.259 e. The van der Waals surface area contributed by atoms with Gasteiger partial charge in [-0.3, -0.25) is 4.79 Å². The molecule has 0 saturated carbocycles. The van der Waals surface area contributed by atoms with Gasteiger partial charge in [-0.05, 0) is 50.8 Å². The van der Waals surface area contributed by atoms with Crippen LogP contribution >= 0.6 is 0 Å². The number of hydrogen-bond donors (Lipinski definition) is 0. The Morgan fingerprint density at radius 2 is 2.04 bits per heavy atom. The molecular formula is C23H25N3O2. The first-order valence-corrected chi connectivity index (χ1v) is 9.98. The van der Waals surface area contributed by atoms with Crippen LogP contribution in [0.25, 0.3) is 22.8 Å². The van der Waals surface area contributed by atoms with Crippen molar-refractivity contribution in [2.45, 2.75) is 45.6 Å². The average molecular weight is 375 g/mol. The van der Waals surface area contributed by atoms with Crippen LogP contribution in [0, 0.1) is 6.92 Å². The van der Waals surface area contributed by atoms with Crippen molar-refractivity contribution in [3.63, 3.8) is 0 Å². The van der Waals surface area contributed by atoms with E-state index in [4.69, 9.17) is 4.52 Å².